The predicted molar refractivity (Wildman–Crippen MR) is 103 cm³/mol. The molecular formula is C22H27NO. The zero-order valence-corrected chi connectivity index (χ0v) is 15.0. The van der Waals surface area contributed by atoms with E-state index in [0.717, 1.165) is 17.7 Å². The van der Waals surface area contributed by atoms with Crippen molar-refractivity contribution in [1.82, 2.24) is 0 Å². The van der Waals surface area contributed by atoms with Crippen LogP contribution in [0.15, 0.2) is 54.6 Å². The van der Waals surface area contributed by atoms with Gasteiger partial charge in [0.15, 0.2) is 0 Å². The summed E-state index contributed by atoms with van der Waals surface area (Å²) in [5.74, 6) is 0.844. The quantitative estimate of drug-likeness (QED) is 0.652. The van der Waals surface area contributed by atoms with E-state index < -0.39 is 0 Å². The first-order valence-electron chi connectivity index (χ1n) is 8.69. The molecule has 126 valence electrons. The topological polar surface area (TPSA) is 29.1 Å². The number of rotatable bonds is 6. The molecule has 1 unspecified atom stereocenters. The molecule has 0 aliphatic heterocycles. The number of amides is 1. The molecule has 2 rings (SSSR count). The number of benzene rings is 2. The minimum Gasteiger partial charge on any atom is -0.322 e. The lowest BCUT2D eigenvalue weighted by atomic mass is 9.97. The molecule has 0 spiro atoms. The van der Waals surface area contributed by atoms with E-state index in [1.165, 1.54) is 11.1 Å². The number of para-hydroxylation sites is 1. The van der Waals surface area contributed by atoms with Gasteiger partial charge >= 0.3 is 0 Å². The second kappa shape index (κ2) is 8.49. The molecule has 0 fully saturated rings. The maximum Gasteiger partial charge on any atom is 0.248 e. The van der Waals surface area contributed by atoms with E-state index in [4.69, 9.17) is 0 Å². The first-order chi connectivity index (χ1) is 11.5. The van der Waals surface area contributed by atoms with Crippen LogP contribution in [-0.2, 0) is 4.79 Å². The van der Waals surface area contributed by atoms with Gasteiger partial charge in [0.1, 0.15) is 0 Å². The Hall–Kier alpha value is -2.35. The van der Waals surface area contributed by atoms with E-state index in [-0.39, 0.29) is 5.91 Å². The zero-order valence-electron chi connectivity index (χ0n) is 15.0. The molecule has 0 heterocycles. The molecule has 0 aliphatic carbocycles. The van der Waals surface area contributed by atoms with Gasteiger partial charge in [-0.2, -0.15) is 0 Å². The van der Waals surface area contributed by atoms with Crippen molar-refractivity contribution in [3.8, 4) is 0 Å². The molecule has 0 saturated heterocycles. The Bertz CT molecular complexity index is 698. The molecule has 2 nitrogen and oxygen atoms in total. The molecule has 2 aromatic rings. The van der Waals surface area contributed by atoms with E-state index >= 15 is 0 Å². The summed E-state index contributed by atoms with van der Waals surface area (Å²) in [6.07, 6.45) is 4.49. The van der Waals surface area contributed by atoms with Crippen LogP contribution in [-0.4, -0.2) is 5.91 Å². The average molecular weight is 321 g/mol. The molecule has 0 aliphatic rings. The van der Waals surface area contributed by atoms with Crippen LogP contribution in [0.1, 0.15) is 62.6 Å². The molecule has 24 heavy (non-hydrogen) atoms. The Morgan fingerprint density at radius 2 is 1.71 bits per heavy atom. The van der Waals surface area contributed by atoms with Crippen molar-refractivity contribution in [3.05, 3.63) is 71.3 Å². The SMILES string of the molecule is CCC(C)c1ccccc1NC(=O)/C=C/c1ccc(C(C)C)cc1. The van der Waals surface area contributed by atoms with Crippen LogP contribution in [0.5, 0.6) is 0 Å². The van der Waals surface area contributed by atoms with Gasteiger partial charge in [0.05, 0.1) is 0 Å². The molecule has 1 amide bonds. The third-order valence-corrected chi connectivity index (χ3v) is 4.39. The maximum absolute atomic E-state index is 12.2. The van der Waals surface area contributed by atoms with E-state index in [1.54, 1.807) is 6.08 Å². The largest absolute Gasteiger partial charge is 0.322 e. The molecule has 2 aromatic carbocycles. The van der Waals surface area contributed by atoms with Gasteiger partial charge in [0, 0.05) is 11.8 Å². The summed E-state index contributed by atoms with van der Waals surface area (Å²) in [4.78, 5) is 12.2. The summed E-state index contributed by atoms with van der Waals surface area (Å²) in [6.45, 7) is 8.68. The first kappa shape index (κ1) is 18.0. The summed E-state index contributed by atoms with van der Waals surface area (Å²) >= 11 is 0. The molecule has 0 bridgehead atoms. The predicted octanol–water partition coefficient (Wildman–Crippen LogP) is 5.98. The summed E-state index contributed by atoms with van der Waals surface area (Å²) < 4.78 is 0. The highest BCUT2D eigenvalue weighted by Crippen LogP contribution is 2.26. The van der Waals surface area contributed by atoms with E-state index in [0.29, 0.717) is 11.8 Å². The van der Waals surface area contributed by atoms with Gasteiger partial charge in [0.2, 0.25) is 5.91 Å². The summed E-state index contributed by atoms with van der Waals surface area (Å²) in [5.41, 5.74) is 4.42. The molecule has 0 saturated carbocycles. The van der Waals surface area contributed by atoms with Crippen LogP contribution in [0.3, 0.4) is 0 Å². The van der Waals surface area contributed by atoms with Gasteiger partial charge in [-0.15, -0.1) is 0 Å². The average Bonchev–Trinajstić information content (AvgIpc) is 2.60. The van der Waals surface area contributed by atoms with Crippen molar-refractivity contribution in [2.24, 2.45) is 0 Å². The first-order valence-corrected chi connectivity index (χ1v) is 8.69. The Morgan fingerprint density at radius 1 is 1.04 bits per heavy atom. The lowest BCUT2D eigenvalue weighted by Crippen LogP contribution is -2.10. The van der Waals surface area contributed by atoms with Crippen molar-refractivity contribution >= 4 is 17.7 Å². The minimum atomic E-state index is -0.0984. The second-order valence-corrected chi connectivity index (χ2v) is 6.54. The van der Waals surface area contributed by atoms with Crippen LogP contribution in [0.2, 0.25) is 0 Å². The highest BCUT2D eigenvalue weighted by molar-refractivity contribution is 6.02. The second-order valence-electron chi connectivity index (χ2n) is 6.54. The highest BCUT2D eigenvalue weighted by Gasteiger charge is 2.09. The highest BCUT2D eigenvalue weighted by atomic mass is 16.1. The van der Waals surface area contributed by atoms with Crippen LogP contribution < -0.4 is 5.32 Å². The molecule has 0 radical (unpaired) electrons. The van der Waals surface area contributed by atoms with E-state index in [1.807, 2.05) is 36.4 Å². The van der Waals surface area contributed by atoms with Crippen molar-refractivity contribution in [3.63, 3.8) is 0 Å². The molecule has 0 aromatic heterocycles. The number of anilines is 1. The molecule has 2 heteroatoms. The van der Waals surface area contributed by atoms with Crippen LogP contribution in [0, 0.1) is 0 Å². The van der Waals surface area contributed by atoms with Gasteiger partial charge < -0.3 is 5.32 Å². The van der Waals surface area contributed by atoms with Crippen LogP contribution >= 0.6 is 0 Å². The van der Waals surface area contributed by atoms with E-state index in [9.17, 15) is 4.79 Å². The van der Waals surface area contributed by atoms with E-state index in [2.05, 4.69) is 51.2 Å². The van der Waals surface area contributed by atoms with Gasteiger partial charge in [-0.1, -0.05) is 70.2 Å². The molecule has 1 N–H and O–H groups in total. The number of carbonyl (C=O) groups is 1. The van der Waals surface area contributed by atoms with Crippen LogP contribution in [0.25, 0.3) is 6.08 Å². The third kappa shape index (κ3) is 4.82. The fraction of sp³-hybridized carbons (Fsp3) is 0.318. The number of hydrogen-bond acceptors (Lipinski definition) is 1. The molecular weight excluding hydrogens is 294 g/mol. The van der Waals surface area contributed by atoms with Crippen molar-refractivity contribution in [2.75, 3.05) is 5.32 Å². The fourth-order valence-corrected chi connectivity index (χ4v) is 2.60. The Balaban J connectivity index is 2.05. The van der Waals surface area contributed by atoms with Gasteiger partial charge in [-0.25, -0.2) is 0 Å². The summed E-state index contributed by atoms with van der Waals surface area (Å²) in [5, 5.41) is 3.00. The standard InChI is InChI=1S/C22H27NO/c1-5-17(4)20-8-6-7-9-21(20)23-22(24)15-12-18-10-13-19(14-11-18)16(2)3/h6-17H,5H2,1-4H3,(H,23,24)/b15-12+. The van der Waals surface area contributed by atoms with Gasteiger partial charge in [-0.3, -0.25) is 4.79 Å². The Labute approximate surface area is 145 Å². The van der Waals surface area contributed by atoms with Crippen molar-refractivity contribution < 1.29 is 4.79 Å². The summed E-state index contributed by atoms with van der Waals surface area (Å²) in [7, 11) is 0. The minimum absolute atomic E-state index is 0.0984. The number of carbonyl (C=O) groups excluding carboxylic acids is 1. The Morgan fingerprint density at radius 3 is 2.33 bits per heavy atom. The Kier molecular flexibility index (Phi) is 6.36. The zero-order chi connectivity index (χ0) is 17.5. The van der Waals surface area contributed by atoms with Crippen molar-refractivity contribution in [1.29, 1.82) is 0 Å². The maximum atomic E-state index is 12.2. The van der Waals surface area contributed by atoms with Gasteiger partial charge in [0.25, 0.3) is 0 Å². The van der Waals surface area contributed by atoms with Gasteiger partial charge in [-0.05, 0) is 47.1 Å². The lowest BCUT2D eigenvalue weighted by molar-refractivity contribution is -0.111. The summed E-state index contributed by atoms with van der Waals surface area (Å²) in [6, 6.07) is 16.3. The third-order valence-electron chi connectivity index (χ3n) is 4.39. The normalized spacial score (nSPS) is 12.5. The fourth-order valence-electron chi connectivity index (χ4n) is 2.60. The van der Waals surface area contributed by atoms with Crippen LogP contribution in [0.4, 0.5) is 5.69 Å². The van der Waals surface area contributed by atoms with Crippen molar-refractivity contribution in [2.45, 2.75) is 46.0 Å². The number of nitrogens with one attached hydrogen (secondary N) is 1. The smallest absolute Gasteiger partial charge is 0.248 e. The lowest BCUT2D eigenvalue weighted by Gasteiger charge is -2.14. The molecule has 1 atom stereocenters. The number of hydrogen-bond donors (Lipinski definition) is 1. The monoisotopic (exact) mass is 321 g/mol.